The summed E-state index contributed by atoms with van der Waals surface area (Å²) in [7, 11) is 0. The quantitative estimate of drug-likeness (QED) is 0.561. The van der Waals surface area contributed by atoms with Crippen LogP contribution in [0.1, 0.15) is 29.8 Å². The van der Waals surface area contributed by atoms with Crippen molar-refractivity contribution in [1.82, 2.24) is 9.47 Å². The maximum absolute atomic E-state index is 13.5. The number of pyridine rings is 1. The Balaban J connectivity index is 1.72. The number of nitrogens with zero attached hydrogens (tertiary/aromatic N) is 3. The van der Waals surface area contributed by atoms with Crippen LogP contribution < -0.4 is 10.5 Å². The fourth-order valence-corrected chi connectivity index (χ4v) is 5.05. The fourth-order valence-electron chi connectivity index (χ4n) is 4.64. The van der Waals surface area contributed by atoms with Gasteiger partial charge in [-0.15, -0.1) is 11.8 Å². The zero-order chi connectivity index (χ0) is 22.7. The summed E-state index contributed by atoms with van der Waals surface area (Å²) in [6.45, 7) is 7.78. The van der Waals surface area contributed by atoms with Crippen LogP contribution in [0.25, 0.3) is 0 Å². The third kappa shape index (κ3) is 4.43. The second kappa shape index (κ2) is 9.84. The average Bonchev–Trinajstić information content (AvgIpc) is 2.83. The van der Waals surface area contributed by atoms with E-state index in [9.17, 15) is 9.90 Å². The van der Waals surface area contributed by atoms with E-state index in [-0.39, 0.29) is 17.4 Å². The van der Waals surface area contributed by atoms with Crippen LogP contribution in [0.3, 0.4) is 0 Å². The van der Waals surface area contributed by atoms with E-state index >= 15 is 0 Å². The first-order chi connectivity index (χ1) is 15.5. The molecule has 1 N–H and O–H groups in total. The van der Waals surface area contributed by atoms with Gasteiger partial charge in [-0.1, -0.05) is 30.3 Å². The lowest BCUT2D eigenvalue weighted by Crippen LogP contribution is -2.49. The molecule has 4 rings (SSSR count). The van der Waals surface area contributed by atoms with Gasteiger partial charge in [0.25, 0.3) is 5.56 Å². The molecule has 1 saturated heterocycles. The van der Waals surface area contributed by atoms with E-state index in [4.69, 9.17) is 0 Å². The van der Waals surface area contributed by atoms with Crippen molar-refractivity contribution in [3.05, 3.63) is 87.8 Å². The van der Waals surface area contributed by atoms with Crippen LogP contribution in [0.15, 0.2) is 70.4 Å². The molecular weight excluding hydrogens is 418 g/mol. The van der Waals surface area contributed by atoms with Crippen LogP contribution in [0.2, 0.25) is 0 Å². The van der Waals surface area contributed by atoms with E-state index in [1.807, 2.05) is 19.9 Å². The minimum Gasteiger partial charge on any atom is -0.507 e. The van der Waals surface area contributed by atoms with Crippen molar-refractivity contribution in [3.63, 3.8) is 0 Å². The van der Waals surface area contributed by atoms with Crippen molar-refractivity contribution in [3.8, 4) is 5.75 Å². The lowest BCUT2D eigenvalue weighted by molar-refractivity contribution is 0.207. The van der Waals surface area contributed by atoms with Crippen molar-refractivity contribution >= 4 is 17.4 Å². The first kappa shape index (κ1) is 22.5. The summed E-state index contributed by atoms with van der Waals surface area (Å²) < 4.78 is 1.75. The molecule has 0 saturated carbocycles. The highest BCUT2D eigenvalue weighted by Gasteiger charge is 2.31. The predicted octanol–water partition coefficient (Wildman–Crippen LogP) is 4.52. The van der Waals surface area contributed by atoms with E-state index in [1.54, 1.807) is 22.4 Å². The van der Waals surface area contributed by atoms with Crippen LogP contribution in [-0.4, -0.2) is 47.0 Å². The van der Waals surface area contributed by atoms with Crippen molar-refractivity contribution in [2.24, 2.45) is 0 Å². The molecule has 1 unspecified atom stereocenters. The molecule has 168 valence electrons. The Kier molecular flexibility index (Phi) is 6.92. The van der Waals surface area contributed by atoms with Gasteiger partial charge >= 0.3 is 0 Å². The molecule has 1 fully saturated rings. The molecule has 0 amide bonds. The van der Waals surface area contributed by atoms with Crippen LogP contribution >= 0.6 is 11.8 Å². The third-order valence-corrected chi connectivity index (χ3v) is 7.09. The Labute approximate surface area is 194 Å². The van der Waals surface area contributed by atoms with Crippen LogP contribution in [-0.2, 0) is 6.54 Å². The van der Waals surface area contributed by atoms with Crippen LogP contribution in [0, 0.1) is 6.92 Å². The molecule has 32 heavy (non-hydrogen) atoms. The average molecular weight is 450 g/mol. The molecule has 0 aliphatic carbocycles. The van der Waals surface area contributed by atoms with E-state index in [2.05, 4.69) is 64.6 Å². The molecule has 5 nitrogen and oxygen atoms in total. The standard InChI is InChI=1S/C26H31N3O2S/c1-4-29-19(2)18-23(30)24(26(29)31)25(20-10-12-22(32-3)13-11-20)28-16-14-27(15-17-28)21-8-6-5-7-9-21/h5-13,18,25,30H,4,14-17H2,1-3H3. The maximum atomic E-state index is 13.5. The molecule has 2 aromatic carbocycles. The maximum Gasteiger partial charge on any atom is 0.259 e. The molecule has 1 atom stereocenters. The van der Waals surface area contributed by atoms with E-state index in [1.165, 1.54) is 10.6 Å². The van der Waals surface area contributed by atoms with Gasteiger partial charge in [-0.3, -0.25) is 9.69 Å². The zero-order valence-corrected chi connectivity index (χ0v) is 19.8. The number of aromatic nitrogens is 1. The number of hydrogen-bond acceptors (Lipinski definition) is 5. The molecule has 6 heteroatoms. The summed E-state index contributed by atoms with van der Waals surface area (Å²) in [5, 5.41) is 10.9. The van der Waals surface area contributed by atoms with E-state index < -0.39 is 0 Å². The molecule has 0 radical (unpaired) electrons. The number of piperazine rings is 1. The third-order valence-electron chi connectivity index (χ3n) is 6.34. The minimum atomic E-state index is -0.283. The van der Waals surface area contributed by atoms with Gasteiger partial charge in [0.05, 0.1) is 11.6 Å². The summed E-state index contributed by atoms with van der Waals surface area (Å²) in [6, 6.07) is 20.3. The molecule has 3 aromatic rings. The summed E-state index contributed by atoms with van der Waals surface area (Å²) in [5.41, 5.74) is 3.41. The van der Waals surface area contributed by atoms with Gasteiger partial charge < -0.3 is 14.6 Å². The second-order valence-corrected chi connectivity index (χ2v) is 9.05. The summed E-state index contributed by atoms with van der Waals surface area (Å²) in [5.74, 6) is 0.0848. The van der Waals surface area contributed by atoms with E-state index in [0.717, 1.165) is 37.4 Å². The van der Waals surface area contributed by atoms with Crippen molar-refractivity contribution in [1.29, 1.82) is 0 Å². The van der Waals surface area contributed by atoms with Gasteiger partial charge in [0.1, 0.15) is 5.75 Å². The number of aromatic hydroxyl groups is 1. The topological polar surface area (TPSA) is 48.7 Å². The molecule has 1 aliphatic heterocycles. The lowest BCUT2D eigenvalue weighted by Gasteiger charge is -2.40. The Hall–Kier alpha value is -2.70. The lowest BCUT2D eigenvalue weighted by atomic mass is 9.96. The summed E-state index contributed by atoms with van der Waals surface area (Å²) >= 11 is 1.70. The number of benzene rings is 2. The first-order valence-electron chi connectivity index (χ1n) is 11.1. The normalized spacial score (nSPS) is 15.7. The molecular formula is C26H31N3O2S. The Morgan fingerprint density at radius 3 is 2.25 bits per heavy atom. The van der Waals surface area contributed by atoms with Crippen molar-refractivity contribution in [2.75, 3.05) is 37.3 Å². The molecule has 2 heterocycles. The number of aryl methyl sites for hydroxylation is 1. The molecule has 0 spiro atoms. The van der Waals surface area contributed by atoms with Crippen LogP contribution in [0.4, 0.5) is 5.69 Å². The van der Waals surface area contributed by atoms with Gasteiger partial charge in [-0.05, 0) is 56.0 Å². The van der Waals surface area contributed by atoms with Crippen molar-refractivity contribution in [2.45, 2.75) is 31.3 Å². The number of thioether (sulfide) groups is 1. The first-order valence-corrected chi connectivity index (χ1v) is 12.4. The van der Waals surface area contributed by atoms with Gasteiger partial charge in [0.15, 0.2) is 0 Å². The SMILES string of the molecule is CCn1c(C)cc(O)c(C(c2ccc(SC)cc2)N2CCN(c3ccccc3)CC2)c1=O. The number of para-hydroxylation sites is 1. The molecule has 1 aromatic heterocycles. The molecule has 1 aliphatic rings. The van der Waals surface area contributed by atoms with Crippen molar-refractivity contribution < 1.29 is 5.11 Å². The largest absolute Gasteiger partial charge is 0.507 e. The van der Waals surface area contributed by atoms with Gasteiger partial charge in [-0.2, -0.15) is 0 Å². The number of anilines is 1. The van der Waals surface area contributed by atoms with Gasteiger partial charge in [-0.25, -0.2) is 0 Å². The number of hydrogen-bond donors (Lipinski definition) is 1. The van der Waals surface area contributed by atoms with Crippen LogP contribution in [0.5, 0.6) is 5.75 Å². The Morgan fingerprint density at radius 1 is 1.00 bits per heavy atom. The summed E-state index contributed by atoms with van der Waals surface area (Å²) in [4.78, 5) is 19.4. The highest BCUT2D eigenvalue weighted by molar-refractivity contribution is 7.98. The molecule has 0 bridgehead atoms. The minimum absolute atomic E-state index is 0.0848. The fraction of sp³-hybridized carbons (Fsp3) is 0.346. The Bertz CT molecular complexity index is 1100. The Morgan fingerprint density at radius 2 is 1.66 bits per heavy atom. The number of rotatable bonds is 6. The van der Waals surface area contributed by atoms with Gasteiger partial charge in [0, 0.05) is 49.0 Å². The highest BCUT2D eigenvalue weighted by atomic mass is 32.2. The highest BCUT2D eigenvalue weighted by Crippen LogP contribution is 2.34. The zero-order valence-electron chi connectivity index (χ0n) is 19.0. The monoisotopic (exact) mass is 449 g/mol. The van der Waals surface area contributed by atoms with E-state index in [0.29, 0.717) is 12.1 Å². The predicted molar refractivity (Wildman–Crippen MR) is 133 cm³/mol. The second-order valence-electron chi connectivity index (χ2n) is 8.17. The van der Waals surface area contributed by atoms with Gasteiger partial charge in [0.2, 0.25) is 0 Å². The summed E-state index contributed by atoms with van der Waals surface area (Å²) in [6.07, 6.45) is 2.06. The smallest absolute Gasteiger partial charge is 0.259 e.